The van der Waals surface area contributed by atoms with E-state index in [4.69, 9.17) is 4.74 Å². The van der Waals surface area contributed by atoms with Gasteiger partial charge in [0, 0.05) is 5.56 Å². The number of nitro groups is 1. The topological polar surface area (TPSA) is 52.4 Å². The summed E-state index contributed by atoms with van der Waals surface area (Å²) in [5.74, 6) is 1.13. The molecule has 0 aliphatic carbocycles. The smallest absolute Gasteiger partial charge is 0.276 e. The van der Waals surface area contributed by atoms with Gasteiger partial charge in [-0.25, -0.2) is 0 Å². The molecule has 2 aromatic rings. The molecule has 0 fully saturated rings. The molecule has 2 rings (SSSR count). The minimum absolute atomic E-state index is 0.0691. The van der Waals surface area contributed by atoms with Crippen molar-refractivity contribution in [3.8, 4) is 11.5 Å². The molecule has 0 heterocycles. The van der Waals surface area contributed by atoms with Gasteiger partial charge in [-0.15, -0.1) is 0 Å². The fourth-order valence-corrected chi connectivity index (χ4v) is 1.59. The molecule has 0 atom stereocenters. The third-order valence-electron chi connectivity index (χ3n) is 2.63. The highest BCUT2D eigenvalue weighted by atomic mass is 16.6. The standard InChI is InChI=1S/C14H13NO3/c1-10-3-6-12(7-4-10)18-13-8-5-11(2)14(9-13)15(16)17/h3-9H,1-2H3. The van der Waals surface area contributed by atoms with Crippen molar-refractivity contribution in [2.45, 2.75) is 13.8 Å². The molecular formula is C14H13NO3. The second-order valence-electron chi connectivity index (χ2n) is 4.12. The number of ether oxygens (including phenoxy) is 1. The molecule has 92 valence electrons. The summed E-state index contributed by atoms with van der Waals surface area (Å²) < 4.78 is 5.57. The van der Waals surface area contributed by atoms with E-state index in [2.05, 4.69) is 0 Å². The van der Waals surface area contributed by atoms with Gasteiger partial charge < -0.3 is 4.74 Å². The summed E-state index contributed by atoms with van der Waals surface area (Å²) in [6.45, 7) is 3.69. The van der Waals surface area contributed by atoms with Gasteiger partial charge >= 0.3 is 0 Å². The van der Waals surface area contributed by atoms with Crippen molar-refractivity contribution < 1.29 is 9.66 Å². The Hall–Kier alpha value is -2.36. The van der Waals surface area contributed by atoms with Gasteiger partial charge in [-0.2, -0.15) is 0 Å². The normalized spacial score (nSPS) is 10.1. The number of benzene rings is 2. The maximum atomic E-state index is 10.8. The summed E-state index contributed by atoms with van der Waals surface area (Å²) in [6.07, 6.45) is 0. The van der Waals surface area contributed by atoms with E-state index < -0.39 is 4.92 Å². The van der Waals surface area contributed by atoms with Crippen LogP contribution >= 0.6 is 0 Å². The first-order valence-corrected chi connectivity index (χ1v) is 5.56. The monoisotopic (exact) mass is 243 g/mol. The summed E-state index contributed by atoms with van der Waals surface area (Å²) in [7, 11) is 0. The molecule has 0 aliphatic rings. The van der Waals surface area contributed by atoms with Gasteiger partial charge in [-0.3, -0.25) is 10.1 Å². The quantitative estimate of drug-likeness (QED) is 0.604. The van der Waals surface area contributed by atoms with Gasteiger partial charge in [0.15, 0.2) is 0 Å². The molecule has 2 aromatic carbocycles. The molecule has 18 heavy (non-hydrogen) atoms. The summed E-state index contributed by atoms with van der Waals surface area (Å²) in [5.41, 5.74) is 1.83. The Morgan fingerprint density at radius 3 is 2.22 bits per heavy atom. The molecule has 0 aliphatic heterocycles. The second-order valence-corrected chi connectivity index (χ2v) is 4.12. The first kappa shape index (κ1) is 12.1. The molecule has 0 unspecified atom stereocenters. The van der Waals surface area contributed by atoms with Crippen LogP contribution in [-0.4, -0.2) is 4.92 Å². The molecule has 4 nitrogen and oxygen atoms in total. The molecule has 0 N–H and O–H groups in total. The highest BCUT2D eigenvalue weighted by Crippen LogP contribution is 2.27. The molecule has 0 saturated heterocycles. The minimum atomic E-state index is -0.405. The maximum absolute atomic E-state index is 10.8. The van der Waals surface area contributed by atoms with Crippen molar-refractivity contribution >= 4 is 5.69 Å². The zero-order valence-electron chi connectivity index (χ0n) is 10.2. The van der Waals surface area contributed by atoms with Crippen LogP contribution in [0.3, 0.4) is 0 Å². The SMILES string of the molecule is Cc1ccc(Oc2ccc(C)c([N+](=O)[O-])c2)cc1. The number of rotatable bonds is 3. The Morgan fingerprint density at radius 2 is 1.61 bits per heavy atom. The van der Waals surface area contributed by atoms with Crippen molar-refractivity contribution in [1.29, 1.82) is 0 Å². The second kappa shape index (κ2) is 4.87. The third kappa shape index (κ3) is 2.66. The van der Waals surface area contributed by atoms with Gasteiger partial charge in [0.1, 0.15) is 11.5 Å². The Morgan fingerprint density at radius 1 is 1.00 bits per heavy atom. The number of hydrogen-bond donors (Lipinski definition) is 0. The average Bonchev–Trinajstić information content (AvgIpc) is 2.34. The highest BCUT2D eigenvalue weighted by Gasteiger charge is 2.11. The minimum Gasteiger partial charge on any atom is -0.457 e. The fraction of sp³-hybridized carbons (Fsp3) is 0.143. The van der Waals surface area contributed by atoms with Crippen molar-refractivity contribution in [2.75, 3.05) is 0 Å². The van der Waals surface area contributed by atoms with Crippen LogP contribution in [0.4, 0.5) is 5.69 Å². The van der Waals surface area contributed by atoms with Gasteiger partial charge in [0.05, 0.1) is 11.0 Å². The van der Waals surface area contributed by atoms with Crippen molar-refractivity contribution in [3.63, 3.8) is 0 Å². The first-order valence-electron chi connectivity index (χ1n) is 5.56. The van der Waals surface area contributed by atoms with E-state index >= 15 is 0 Å². The Balaban J connectivity index is 2.27. The molecule has 0 saturated carbocycles. The Labute approximate surface area is 105 Å². The third-order valence-corrected chi connectivity index (χ3v) is 2.63. The first-order chi connectivity index (χ1) is 8.56. The van der Waals surface area contributed by atoms with Crippen LogP contribution in [0.25, 0.3) is 0 Å². The molecule has 0 amide bonds. The number of hydrogen-bond acceptors (Lipinski definition) is 3. The molecule has 4 heteroatoms. The van der Waals surface area contributed by atoms with Crippen LogP contribution in [0.5, 0.6) is 11.5 Å². The van der Waals surface area contributed by atoms with Crippen LogP contribution in [0.2, 0.25) is 0 Å². The van der Waals surface area contributed by atoms with Crippen LogP contribution in [0.15, 0.2) is 42.5 Å². The van der Waals surface area contributed by atoms with E-state index in [0.29, 0.717) is 17.1 Å². The van der Waals surface area contributed by atoms with Crippen molar-refractivity contribution in [2.24, 2.45) is 0 Å². The molecule has 0 radical (unpaired) electrons. The largest absolute Gasteiger partial charge is 0.457 e. The van der Waals surface area contributed by atoms with Crippen LogP contribution in [0.1, 0.15) is 11.1 Å². The molecule has 0 bridgehead atoms. The molecular weight excluding hydrogens is 230 g/mol. The van der Waals surface area contributed by atoms with Crippen LogP contribution < -0.4 is 4.74 Å². The van der Waals surface area contributed by atoms with Gasteiger partial charge in [-0.05, 0) is 38.1 Å². The summed E-state index contributed by atoms with van der Waals surface area (Å²) in [6, 6.07) is 12.4. The Kier molecular flexibility index (Phi) is 3.28. The fourth-order valence-electron chi connectivity index (χ4n) is 1.59. The predicted octanol–water partition coefficient (Wildman–Crippen LogP) is 4.00. The number of nitro benzene ring substituents is 1. The van der Waals surface area contributed by atoms with Crippen molar-refractivity contribution in [3.05, 3.63) is 63.7 Å². The van der Waals surface area contributed by atoms with Crippen LogP contribution in [0, 0.1) is 24.0 Å². The predicted molar refractivity (Wildman–Crippen MR) is 69.1 cm³/mol. The zero-order valence-corrected chi connectivity index (χ0v) is 10.2. The molecule has 0 spiro atoms. The summed E-state index contributed by atoms with van der Waals surface area (Å²) in [4.78, 5) is 10.4. The lowest BCUT2D eigenvalue weighted by molar-refractivity contribution is -0.385. The zero-order chi connectivity index (χ0) is 13.1. The lowest BCUT2D eigenvalue weighted by atomic mass is 10.2. The number of nitrogens with zero attached hydrogens (tertiary/aromatic N) is 1. The van der Waals surface area contributed by atoms with E-state index in [0.717, 1.165) is 5.56 Å². The average molecular weight is 243 g/mol. The van der Waals surface area contributed by atoms with E-state index in [-0.39, 0.29) is 5.69 Å². The Bertz CT molecular complexity index is 576. The lowest BCUT2D eigenvalue weighted by Crippen LogP contribution is -1.92. The van der Waals surface area contributed by atoms with E-state index in [1.165, 1.54) is 6.07 Å². The van der Waals surface area contributed by atoms with E-state index in [1.54, 1.807) is 19.1 Å². The van der Waals surface area contributed by atoms with Gasteiger partial charge in [0.2, 0.25) is 0 Å². The van der Waals surface area contributed by atoms with Gasteiger partial charge in [0.25, 0.3) is 5.69 Å². The van der Waals surface area contributed by atoms with E-state index in [1.807, 2.05) is 31.2 Å². The maximum Gasteiger partial charge on any atom is 0.276 e. The number of aryl methyl sites for hydroxylation is 2. The summed E-state index contributed by atoms with van der Waals surface area (Å²) >= 11 is 0. The van der Waals surface area contributed by atoms with E-state index in [9.17, 15) is 10.1 Å². The van der Waals surface area contributed by atoms with Crippen molar-refractivity contribution in [1.82, 2.24) is 0 Å². The summed E-state index contributed by atoms with van der Waals surface area (Å²) in [5, 5.41) is 10.8. The lowest BCUT2D eigenvalue weighted by Gasteiger charge is -2.06. The van der Waals surface area contributed by atoms with Gasteiger partial charge in [-0.1, -0.05) is 17.7 Å². The molecule has 0 aromatic heterocycles. The van der Waals surface area contributed by atoms with Crippen LogP contribution in [-0.2, 0) is 0 Å². The highest BCUT2D eigenvalue weighted by molar-refractivity contribution is 5.46.